The Hall–Kier alpha value is -1.47. The number of hydrogen-bond acceptors (Lipinski definition) is 1. The van der Waals surface area contributed by atoms with E-state index in [2.05, 4.69) is 17.8 Å². The molecule has 0 radical (unpaired) electrons. The summed E-state index contributed by atoms with van der Waals surface area (Å²) in [6.45, 7) is 3.69. The van der Waals surface area contributed by atoms with Crippen molar-refractivity contribution in [1.82, 2.24) is 0 Å². The maximum absolute atomic E-state index is 10.4. The molecule has 0 spiro atoms. The molecule has 0 aromatic rings. The summed E-state index contributed by atoms with van der Waals surface area (Å²) in [4.78, 5) is 10.4. The summed E-state index contributed by atoms with van der Waals surface area (Å²) >= 11 is 0. The van der Waals surface area contributed by atoms with Crippen LogP contribution in [0.25, 0.3) is 0 Å². The number of allylic oxidation sites excluding steroid dienone is 2. The van der Waals surface area contributed by atoms with Gasteiger partial charge in [0.1, 0.15) is 6.29 Å². The maximum Gasteiger partial charge on any atom is 0.126 e. The molecule has 0 aliphatic heterocycles. The predicted molar refractivity (Wildman–Crippen MR) is 50.2 cm³/mol. The molecule has 1 nitrogen and oxygen atoms in total. The lowest BCUT2D eigenvalue weighted by Crippen LogP contribution is -2.10. The van der Waals surface area contributed by atoms with E-state index in [4.69, 9.17) is 6.42 Å². The van der Waals surface area contributed by atoms with E-state index in [-0.39, 0.29) is 5.41 Å². The molecule has 0 aliphatic carbocycles. The average Bonchev–Trinajstić information content (AvgIpc) is 2.04. The fourth-order valence-electron chi connectivity index (χ4n) is 0.469. The van der Waals surface area contributed by atoms with Crippen LogP contribution in [0.5, 0.6) is 0 Å². The third-order valence-corrected chi connectivity index (χ3v) is 1.23. The van der Waals surface area contributed by atoms with Crippen LogP contribution in [0.2, 0.25) is 0 Å². The van der Waals surface area contributed by atoms with Gasteiger partial charge in [0.05, 0.1) is 0 Å². The highest BCUT2D eigenvalue weighted by molar-refractivity contribution is 5.58. The second-order valence-electron chi connectivity index (χ2n) is 3.10. The normalized spacial score (nSPS) is 10.1. The molecule has 0 amide bonds. The van der Waals surface area contributed by atoms with Gasteiger partial charge >= 0.3 is 0 Å². The van der Waals surface area contributed by atoms with Gasteiger partial charge in [-0.2, -0.15) is 0 Å². The number of rotatable bonds is 2. The van der Waals surface area contributed by atoms with E-state index >= 15 is 0 Å². The molecule has 0 atom stereocenters. The highest BCUT2D eigenvalue weighted by atomic mass is 16.1. The smallest absolute Gasteiger partial charge is 0.126 e. The number of carbonyl (C=O) groups is 1. The largest absolute Gasteiger partial charge is 0.303 e. The number of hydrogen-bond donors (Lipinski definition) is 0. The van der Waals surface area contributed by atoms with E-state index in [0.29, 0.717) is 6.42 Å². The second-order valence-corrected chi connectivity index (χ2v) is 3.10. The van der Waals surface area contributed by atoms with Crippen LogP contribution in [0.3, 0.4) is 0 Å². The van der Waals surface area contributed by atoms with Crippen LogP contribution >= 0.6 is 0 Å². The van der Waals surface area contributed by atoms with Crippen molar-refractivity contribution in [3.63, 3.8) is 0 Å². The molecule has 0 aliphatic rings. The maximum atomic E-state index is 10.4. The van der Waals surface area contributed by atoms with E-state index in [9.17, 15) is 4.79 Å². The standard InChI is InChI=1S/C11H12O/c1-4-5-6-7-8-9-11(2,3)10-12/h1,5-6,10H,9H2,2-3H3/b6-5+. The van der Waals surface area contributed by atoms with Crippen LogP contribution in [-0.4, -0.2) is 6.29 Å². The fraction of sp³-hybridized carbons (Fsp3) is 0.364. The molecule has 0 bridgehead atoms. The Balaban J connectivity index is 3.96. The van der Waals surface area contributed by atoms with Crippen molar-refractivity contribution in [3.8, 4) is 24.2 Å². The summed E-state index contributed by atoms with van der Waals surface area (Å²) in [6, 6.07) is 0. The molecule has 62 valence electrons. The number of terminal acetylenes is 1. The fourth-order valence-corrected chi connectivity index (χ4v) is 0.469. The van der Waals surface area contributed by atoms with Crippen molar-refractivity contribution in [3.05, 3.63) is 12.2 Å². The Bertz CT molecular complexity index is 266. The van der Waals surface area contributed by atoms with Gasteiger partial charge in [0, 0.05) is 11.8 Å². The van der Waals surface area contributed by atoms with Crippen molar-refractivity contribution in [2.45, 2.75) is 20.3 Å². The van der Waals surface area contributed by atoms with Gasteiger partial charge in [0.25, 0.3) is 0 Å². The minimum atomic E-state index is -0.350. The SMILES string of the molecule is C#C/C=C/C#CCC(C)(C)C=O. The lowest BCUT2D eigenvalue weighted by molar-refractivity contribution is -0.114. The van der Waals surface area contributed by atoms with Crippen molar-refractivity contribution in [2.24, 2.45) is 5.41 Å². The van der Waals surface area contributed by atoms with Crippen molar-refractivity contribution >= 4 is 6.29 Å². The van der Waals surface area contributed by atoms with Gasteiger partial charge in [-0.1, -0.05) is 31.6 Å². The van der Waals surface area contributed by atoms with Crippen molar-refractivity contribution in [1.29, 1.82) is 0 Å². The number of aldehydes is 1. The van der Waals surface area contributed by atoms with Gasteiger partial charge < -0.3 is 4.79 Å². The highest BCUT2D eigenvalue weighted by Crippen LogP contribution is 2.14. The molecular weight excluding hydrogens is 148 g/mol. The zero-order valence-corrected chi connectivity index (χ0v) is 7.42. The van der Waals surface area contributed by atoms with Crippen LogP contribution < -0.4 is 0 Å². The topological polar surface area (TPSA) is 17.1 Å². The monoisotopic (exact) mass is 160 g/mol. The average molecular weight is 160 g/mol. The Morgan fingerprint density at radius 1 is 1.42 bits per heavy atom. The Morgan fingerprint density at radius 2 is 2.08 bits per heavy atom. The third-order valence-electron chi connectivity index (χ3n) is 1.23. The molecule has 0 rings (SSSR count). The minimum absolute atomic E-state index is 0.350. The van der Waals surface area contributed by atoms with Gasteiger partial charge in [-0.3, -0.25) is 0 Å². The first-order valence-electron chi connectivity index (χ1n) is 3.68. The Labute approximate surface area is 73.9 Å². The molecular formula is C11H12O. The summed E-state index contributed by atoms with van der Waals surface area (Å²) < 4.78 is 0. The van der Waals surface area contributed by atoms with E-state index in [1.807, 2.05) is 13.8 Å². The van der Waals surface area contributed by atoms with E-state index in [0.717, 1.165) is 6.29 Å². The molecule has 1 heteroatoms. The molecule has 0 N–H and O–H groups in total. The summed E-state index contributed by atoms with van der Waals surface area (Å²) in [7, 11) is 0. The zero-order chi connectivity index (χ0) is 9.45. The first kappa shape index (κ1) is 10.5. The van der Waals surface area contributed by atoms with Gasteiger partial charge in [0.2, 0.25) is 0 Å². The van der Waals surface area contributed by atoms with Gasteiger partial charge in [0.15, 0.2) is 0 Å². The van der Waals surface area contributed by atoms with Crippen LogP contribution in [0.1, 0.15) is 20.3 Å². The highest BCUT2D eigenvalue weighted by Gasteiger charge is 2.13. The zero-order valence-electron chi connectivity index (χ0n) is 7.42. The first-order chi connectivity index (χ1) is 5.62. The number of carbonyl (C=O) groups excluding carboxylic acids is 1. The molecule has 0 saturated carbocycles. The lowest BCUT2D eigenvalue weighted by atomic mass is 9.92. The third kappa shape index (κ3) is 5.33. The van der Waals surface area contributed by atoms with Gasteiger partial charge in [-0.05, 0) is 12.2 Å². The molecule has 12 heavy (non-hydrogen) atoms. The molecule has 0 unspecified atom stereocenters. The molecule has 0 saturated heterocycles. The molecule has 0 heterocycles. The quantitative estimate of drug-likeness (QED) is 0.444. The Kier molecular flexibility index (Phi) is 4.58. The molecule has 0 fully saturated rings. The second kappa shape index (κ2) is 5.22. The van der Waals surface area contributed by atoms with Crippen LogP contribution in [0, 0.1) is 29.6 Å². The summed E-state index contributed by atoms with van der Waals surface area (Å²) in [5, 5.41) is 0. The molecule has 0 aromatic heterocycles. The van der Waals surface area contributed by atoms with E-state index in [1.54, 1.807) is 6.08 Å². The van der Waals surface area contributed by atoms with E-state index in [1.165, 1.54) is 6.08 Å². The van der Waals surface area contributed by atoms with Gasteiger partial charge in [-0.25, -0.2) is 0 Å². The summed E-state index contributed by atoms with van der Waals surface area (Å²) in [6.07, 6.45) is 9.56. The summed E-state index contributed by atoms with van der Waals surface area (Å²) in [5.74, 6) is 7.92. The first-order valence-corrected chi connectivity index (χ1v) is 3.68. The minimum Gasteiger partial charge on any atom is -0.303 e. The Morgan fingerprint density at radius 3 is 2.58 bits per heavy atom. The molecule has 0 aromatic carbocycles. The van der Waals surface area contributed by atoms with E-state index < -0.39 is 0 Å². The van der Waals surface area contributed by atoms with Crippen LogP contribution in [0.15, 0.2) is 12.2 Å². The van der Waals surface area contributed by atoms with Crippen LogP contribution in [-0.2, 0) is 4.79 Å². The van der Waals surface area contributed by atoms with Crippen LogP contribution in [0.4, 0.5) is 0 Å². The van der Waals surface area contributed by atoms with Gasteiger partial charge in [-0.15, -0.1) is 6.42 Å². The summed E-state index contributed by atoms with van der Waals surface area (Å²) in [5.41, 5.74) is -0.350. The van der Waals surface area contributed by atoms with Crippen molar-refractivity contribution in [2.75, 3.05) is 0 Å². The lowest BCUT2D eigenvalue weighted by Gasteiger charge is -2.10. The van der Waals surface area contributed by atoms with Crippen molar-refractivity contribution < 1.29 is 4.79 Å². The predicted octanol–water partition coefficient (Wildman–Crippen LogP) is 1.79.